The SMILES string of the molecule is CCCN1c2cc(F)c(F)cc2NCC1CC. The first-order chi connectivity index (χ1) is 8.17. The summed E-state index contributed by atoms with van der Waals surface area (Å²) in [7, 11) is 0. The van der Waals surface area contributed by atoms with Crippen molar-refractivity contribution in [2.24, 2.45) is 0 Å². The third kappa shape index (κ3) is 2.21. The summed E-state index contributed by atoms with van der Waals surface area (Å²) in [5.74, 6) is -1.56. The topological polar surface area (TPSA) is 15.3 Å². The van der Waals surface area contributed by atoms with Crippen molar-refractivity contribution in [1.82, 2.24) is 0 Å². The highest BCUT2D eigenvalue weighted by atomic mass is 19.2. The van der Waals surface area contributed by atoms with Gasteiger partial charge in [0, 0.05) is 31.3 Å². The largest absolute Gasteiger partial charge is 0.381 e. The van der Waals surface area contributed by atoms with Crippen molar-refractivity contribution in [3.63, 3.8) is 0 Å². The molecule has 0 amide bonds. The van der Waals surface area contributed by atoms with Crippen LogP contribution in [0, 0.1) is 11.6 Å². The number of hydrogen-bond acceptors (Lipinski definition) is 2. The Balaban J connectivity index is 2.40. The van der Waals surface area contributed by atoms with Crippen molar-refractivity contribution in [1.29, 1.82) is 0 Å². The van der Waals surface area contributed by atoms with Gasteiger partial charge in [-0.1, -0.05) is 13.8 Å². The quantitative estimate of drug-likeness (QED) is 0.871. The lowest BCUT2D eigenvalue weighted by molar-refractivity contribution is 0.504. The molecule has 0 spiro atoms. The lowest BCUT2D eigenvalue weighted by Gasteiger charge is -2.39. The summed E-state index contributed by atoms with van der Waals surface area (Å²) in [6.07, 6.45) is 1.99. The number of nitrogens with zero attached hydrogens (tertiary/aromatic N) is 1. The van der Waals surface area contributed by atoms with E-state index in [1.165, 1.54) is 12.1 Å². The zero-order valence-corrected chi connectivity index (χ0v) is 10.3. The van der Waals surface area contributed by atoms with Crippen molar-refractivity contribution >= 4 is 11.4 Å². The summed E-state index contributed by atoms with van der Waals surface area (Å²) in [6, 6.07) is 2.90. The molecule has 17 heavy (non-hydrogen) atoms. The molecule has 1 aromatic carbocycles. The van der Waals surface area contributed by atoms with Gasteiger partial charge in [-0.05, 0) is 12.8 Å². The molecule has 1 aliphatic rings. The zero-order valence-electron chi connectivity index (χ0n) is 10.3. The van der Waals surface area contributed by atoms with Crippen LogP contribution in [-0.4, -0.2) is 19.1 Å². The van der Waals surface area contributed by atoms with E-state index in [2.05, 4.69) is 24.1 Å². The van der Waals surface area contributed by atoms with E-state index in [4.69, 9.17) is 0 Å². The molecule has 1 heterocycles. The Morgan fingerprint density at radius 3 is 2.65 bits per heavy atom. The second-order valence-corrected chi connectivity index (χ2v) is 4.42. The van der Waals surface area contributed by atoms with Crippen LogP contribution >= 0.6 is 0 Å². The fourth-order valence-corrected chi connectivity index (χ4v) is 2.36. The third-order valence-electron chi connectivity index (χ3n) is 3.25. The van der Waals surface area contributed by atoms with E-state index in [1.54, 1.807) is 0 Å². The van der Waals surface area contributed by atoms with Gasteiger partial charge >= 0.3 is 0 Å². The van der Waals surface area contributed by atoms with Crippen LogP contribution in [0.1, 0.15) is 26.7 Å². The van der Waals surface area contributed by atoms with Gasteiger partial charge in [0.25, 0.3) is 0 Å². The minimum atomic E-state index is -0.789. The van der Waals surface area contributed by atoms with E-state index in [9.17, 15) is 8.78 Å². The number of fused-ring (bicyclic) bond motifs is 1. The molecule has 1 unspecified atom stereocenters. The second kappa shape index (κ2) is 4.90. The first-order valence-electron chi connectivity index (χ1n) is 6.16. The first-order valence-corrected chi connectivity index (χ1v) is 6.16. The smallest absolute Gasteiger partial charge is 0.161 e. The molecule has 2 rings (SSSR count). The van der Waals surface area contributed by atoms with Crippen molar-refractivity contribution in [2.45, 2.75) is 32.7 Å². The second-order valence-electron chi connectivity index (χ2n) is 4.42. The Bertz CT molecular complexity index is 407. The zero-order chi connectivity index (χ0) is 12.4. The Hall–Kier alpha value is -1.32. The van der Waals surface area contributed by atoms with Gasteiger partial charge in [-0.3, -0.25) is 0 Å². The van der Waals surface area contributed by atoms with E-state index in [0.29, 0.717) is 11.7 Å². The van der Waals surface area contributed by atoms with E-state index in [0.717, 1.165) is 31.6 Å². The number of halogens is 2. The first kappa shape index (κ1) is 12.1. The van der Waals surface area contributed by atoms with Gasteiger partial charge in [-0.25, -0.2) is 8.78 Å². The standard InChI is InChI=1S/C13H18F2N2/c1-3-5-17-9(4-2)8-16-12-6-10(14)11(15)7-13(12)17/h6-7,9,16H,3-5,8H2,1-2H3. The van der Waals surface area contributed by atoms with Crippen LogP contribution in [-0.2, 0) is 0 Å². The lowest BCUT2D eigenvalue weighted by Crippen LogP contribution is -2.44. The molecule has 0 saturated heterocycles. The molecule has 0 aromatic heterocycles. The molecule has 1 N–H and O–H groups in total. The number of hydrogen-bond donors (Lipinski definition) is 1. The monoisotopic (exact) mass is 240 g/mol. The van der Waals surface area contributed by atoms with Crippen molar-refractivity contribution in [2.75, 3.05) is 23.3 Å². The van der Waals surface area contributed by atoms with Gasteiger partial charge in [0.15, 0.2) is 11.6 Å². The number of benzene rings is 1. The number of anilines is 2. The van der Waals surface area contributed by atoms with E-state index < -0.39 is 11.6 Å². The van der Waals surface area contributed by atoms with Crippen molar-refractivity contribution in [3.05, 3.63) is 23.8 Å². The van der Waals surface area contributed by atoms with Crippen LogP contribution in [0.5, 0.6) is 0 Å². The normalized spacial score (nSPS) is 18.8. The molecular formula is C13H18F2N2. The fourth-order valence-electron chi connectivity index (χ4n) is 2.36. The molecule has 2 nitrogen and oxygen atoms in total. The molecule has 94 valence electrons. The molecule has 1 atom stereocenters. The van der Waals surface area contributed by atoms with Crippen LogP contribution in [0.4, 0.5) is 20.2 Å². The van der Waals surface area contributed by atoms with Crippen molar-refractivity contribution < 1.29 is 8.78 Å². The summed E-state index contributed by atoms with van der Waals surface area (Å²) in [5.41, 5.74) is 1.48. The van der Waals surface area contributed by atoms with Gasteiger partial charge in [0.2, 0.25) is 0 Å². The highest BCUT2D eigenvalue weighted by Gasteiger charge is 2.25. The predicted molar refractivity (Wildman–Crippen MR) is 66.6 cm³/mol. The number of rotatable bonds is 3. The Morgan fingerprint density at radius 2 is 2.00 bits per heavy atom. The highest BCUT2D eigenvalue weighted by Crippen LogP contribution is 2.34. The Morgan fingerprint density at radius 1 is 1.29 bits per heavy atom. The van der Waals surface area contributed by atoms with Crippen molar-refractivity contribution in [3.8, 4) is 0 Å². The molecule has 0 fully saturated rings. The fraction of sp³-hybridized carbons (Fsp3) is 0.538. The maximum Gasteiger partial charge on any atom is 0.161 e. The maximum absolute atomic E-state index is 13.3. The maximum atomic E-state index is 13.3. The molecule has 0 aliphatic carbocycles. The minimum absolute atomic E-state index is 0.354. The molecule has 4 heteroatoms. The van der Waals surface area contributed by atoms with Crippen LogP contribution in [0.2, 0.25) is 0 Å². The molecular weight excluding hydrogens is 222 g/mol. The summed E-state index contributed by atoms with van der Waals surface area (Å²) >= 11 is 0. The highest BCUT2D eigenvalue weighted by molar-refractivity contribution is 5.73. The van der Waals surface area contributed by atoms with E-state index in [1.807, 2.05) is 0 Å². The lowest BCUT2D eigenvalue weighted by atomic mass is 10.1. The number of nitrogens with one attached hydrogen (secondary N) is 1. The summed E-state index contributed by atoms with van der Waals surface area (Å²) in [5, 5.41) is 3.17. The average Bonchev–Trinajstić information content (AvgIpc) is 2.32. The molecule has 0 radical (unpaired) electrons. The van der Waals surface area contributed by atoms with Crippen LogP contribution in [0.3, 0.4) is 0 Å². The summed E-state index contributed by atoms with van der Waals surface area (Å²) < 4.78 is 26.5. The molecule has 1 aliphatic heterocycles. The van der Waals surface area contributed by atoms with E-state index in [-0.39, 0.29) is 0 Å². The van der Waals surface area contributed by atoms with E-state index >= 15 is 0 Å². The van der Waals surface area contributed by atoms with Crippen LogP contribution < -0.4 is 10.2 Å². The Kier molecular flexibility index (Phi) is 3.50. The molecule has 0 bridgehead atoms. The summed E-state index contributed by atoms with van der Waals surface area (Å²) in [6.45, 7) is 5.86. The van der Waals surface area contributed by atoms with Crippen LogP contribution in [0.25, 0.3) is 0 Å². The van der Waals surface area contributed by atoms with Gasteiger partial charge in [0.1, 0.15) is 0 Å². The Labute approximate surface area is 101 Å². The van der Waals surface area contributed by atoms with Gasteiger partial charge in [-0.2, -0.15) is 0 Å². The third-order valence-corrected chi connectivity index (χ3v) is 3.25. The van der Waals surface area contributed by atoms with Crippen LogP contribution in [0.15, 0.2) is 12.1 Å². The molecule has 1 aromatic rings. The van der Waals surface area contributed by atoms with Gasteiger partial charge in [0.05, 0.1) is 11.4 Å². The predicted octanol–water partition coefficient (Wildman–Crippen LogP) is 3.39. The summed E-state index contributed by atoms with van der Waals surface area (Å²) in [4.78, 5) is 2.17. The average molecular weight is 240 g/mol. The minimum Gasteiger partial charge on any atom is -0.381 e. The molecule has 0 saturated carbocycles. The van der Waals surface area contributed by atoms with Gasteiger partial charge < -0.3 is 10.2 Å². The van der Waals surface area contributed by atoms with Gasteiger partial charge in [-0.15, -0.1) is 0 Å².